The van der Waals surface area contributed by atoms with E-state index in [2.05, 4.69) is 14.9 Å². The van der Waals surface area contributed by atoms with Crippen LogP contribution in [0.3, 0.4) is 0 Å². The molecule has 142 valence electrons. The third-order valence-corrected chi connectivity index (χ3v) is 5.17. The first kappa shape index (κ1) is 16.9. The first-order valence-electron chi connectivity index (χ1n) is 9.21. The summed E-state index contributed by atoms with van der Waals surface area (Å²) in [5, 5.41) is 3.82. The second-order valence-corrected chi connectivity index (χ2v) is 6.90. The number of likely N-dealkylation sites (tertiary alicyclic amines) is 1. The monoisotopic (exact) mass is 380 g/mol. The molecule has 2 aromatic heterocycles. The van der Waals surface area contributed by atoms with Crippen LogP contribution in [-0.4, -0.2) is 38.8 Å². The minimum atomic E-state index is -0.363. The van der Waals surface area contributed by atoms with Gasteiger partial charge >= 0.3 is 0 Å². The molecule has 1 saturated heterocycles. The van der Waals surface area contributed by atoms with Crippen molar-refractivity contribution in [3.63, 3.8) is 0 Å². The fraction of sp³-hybridized carbons (Fsp3) is 0.250. The van der Waals surface area contributed by atoms with Crippen LogP contribution >= 0.6 is 0 Å². The number of pyridine rings is 2. The van der Waals surface area contributed by atoms with Gasteiger partial charge in [-0.2, -0.15) is 0 Å². The van der Waals surface area contributed by atoms with E-state index < -0.39 is 0 Å². The molecule has 5 rings (SSSR count). The Morgan fingerprint density at radius 1 is 1.07 bits per heavy atom. The van der Waals surface area contributed by atoms with Gasteiger partial charge in [0.2, 0.25) is 0 Å². The number of hydrogen-bond acceptors (Lipinski definition) is 6. The molecule has 6 nitrogen and oxygen atoms in total. The number of aliphatic imine (C=N–C) groups is 1. The number of hydrazine groups is 1. The smallest absolute Gasteiger partial charge is 0.151 e. The van der Waals surface area contributed by atoms with Gasteiger partial charge in [-0.25, -0.2) is 23.8 Å². The molecule has 0 radical (unpaired) electrons. The molecular weight excluding hydrogens is 362 g/mol. The highest BCUT2D eigenvalue weighted by atomic mass is 19.1. The second kappa shape index (κ2) is 6.70. The molecule has 1 fully saturated rings. The maximum absolute atomic E-state index is 13.6. The van der Waals surface area contributed by atoms with Gasteiger partial charge in [0.25, 0.3) is 0 Å². The molecule has 3 aliphatic heterocycles. The highest BCUT2D eigenvalue weighted by Gasteiger charge is 2.32. The highest BCUT2D eigenvalue weighted by molar-refractivity contribution is 5.95. The molecule has 0 amide bonds. The zero-order valence-electron chi connectivity index (χ0n) is 15.0. The van der Waals surface area contributed by atoms with Crippen molar-refractivity contribution >= 4 is 11.7 Å². The lowest BCUT2D eigenvalue weighted by Crippen LogP contribution is -2.38. The minimum absolute atomic E-state index is 0.0648. The van der Waals surface area contributed by atoms with Crippen molar-refractivity contribution in [3.8, 4) is 0 Å². The SMILES string of the molecule is Fc1ccc(N2CC=C3N=C(N4CCC[C@@H]4c4cncc(F)c4)C=CN32)nc1. The largest absolute Gasteiger partial charge is 0.349 e. The molecule has 2 aromatic rings. The number of halogens is 2. The quantitative estimate of drug-likeness (QED) is 0.799. The standard InChI is InChI=1S/C20H18F2N6/c21-15-3-4-18(24-13-15)27-9-6-20-25-19(5-8-28(20)27)26-7-1-2-17(26)14-10-16(22)12-23-11-14/h3-6,8,10-13,17H,1-2,7,9H2/t17-/m1/s1. The summed E-state index contributed by atoms with van der Waals surface area (Å²) in [4.78, 5) is 15.1. The van der Waals surface area contributed by atoms with E-state index in [1.807, 2.05) is 28.4 Å². The van der Waals surface area contributed by atoms with Gasteiger partial charge in [0, 0.05) is 18.9 Å². The van der Waals surface area contributed by atoms with E-state index in [1.165, 1.54) is 18.5 Å². The van der Waals surface area contributed by atoms with Crippen LogP contribution in [0.15, 0.2) is 66.0 Å². The average molecular weight is 380 g/mol. The van der Waals surface area contributed by atoms with Gasteiger partial charge in [0.15, 0.2) is 5.82 Å². The van der Waals surface area contributed by atoms with Gasteiger partial charge in [0.1, 0.15) is 23.3 Å². The third-order valence-electron chi connectivity index (χ3n) is 5.17. The summed E-state index contributed by atoms with van der Waals surface area (Å²) >= 11 is 0. The summed E-state index contributed by atoms with van der Waals surface area (Å²) in [5.41, 5.74) is 0.869. The normalized spacial score (nSPS) is 21.1. The number of fused-ring (bicyclic) bond motifs is 1. The molecule has 0 bridgehead atoms. The summed E-state index contributed by atoms with van der Waals surface area (Å²) in [6.45, 7) is 1.47. The van der Waals surface area contributed by atoms with Crippen molar-refractivity contribution in [3.05, 3.63) is 78.2 Å². The van der Waals surface area contributed by atoms with E-state index in [-0.39, 0.29) is 17.7 Å². The predicted molar refractivity (Wildman–Crippen MR) is 101 cm³/mol. The van der Waals surface area contributed by atoms with Gasteiger partial charge in [-0.05, 0) is 48.8 Å². The number of nitrogens with zero attached hydrogens (tertiary/aromatic N) is 6. The van der Waals surface area contributed by atoms with Crippen LogP contribution in [0.1, 0.15) is 24.4 Å². The molecule has 0 N–H and O–H groups in total. The van der Waals surface area contributed by atoms with E-state index in [9.17, 15) is 8.78 Å². The molecule has 8 heteroatoms. The highest BCUT2D eigenvalue weighted by Crippen LogP contribution is 2.34. The number of aromatic nitrogens is 2. The van der Waals surface area contributed by atoms with Crippen LogP contribution in [0.25, 0.3) is 0 Å². The Bertz CT molecular complexity index is 984. The maximum Gasteiger partial charge on any atom is 0.151 e. The van der Waals surface area contributed by atoms with E-state index in [0.717, 1.165) is 36.6 Å². The van der Waals surface area contributed by atoms with E-state index in [4.69, 9.17) is 4.99 Å². The Morgan fingerprint density at radius 3 is 2.82 bits per heavy atom. The van der Waals surface area contributed by atoms with Crippen LogP contribution in [0.4, 0.5) is 14.6 Å². The topological polar surface area (TPSA) is 47.9 Å². The lowest BCUT2D eigenvalue weighted by molar-refractivity contribution is 0.389. The molecule has 0 unspecified atom stereocenters. The Kier molecular flexibility index (Phi) is 4.03. The molecule has 0 aliphatic carbocycles. The van der Waals surface area contributed by atoms with Gasteiger partial charge in [-0.3, -0.25) is 9.99 Å². The first-order valence-corrected chi connectivity index (χ1v) is 9.21. The molecule has 5 heterocycles. The van der Waals surface area contributed by atoms with Gasteiger partial charge in [-0.15, -0.1) is 0 Å². The van der Waals surface area contributed by atoms with E-state index in [0.29, 0.717) is 12.4 Å². The molecule has 3 aliphatic rings. The number of anilines is 1. The zero-order chi connectivity index (χ0) is 19.1. The fourth-order valence-electron chi connectivity index (χ4n) is 3.90. The summed E-state index contributed by atoms with van der Waals surface area (Å²) in [7, 11) is 0. The summed E-state index contributed by atoms with van der Waals surface area (Å²) in [6, 6.07) is 4.65. The average Bonchev–Trinajstić information content (AvgIpc) is 3.35. The van der Waals surface area contributed by atoms with E-state index >= 15 is 0 Å². The molecule has 0 saturated carbocycles. The lowest BCUT2D eigenvalue weighted by Gasteiger charge is -2.33. The van der Waals surface area contributed by atoms with Crippen LogP contribution in [0, 0.1) is 11.6 Å². The third kappa shape index (κ3) is 2.90. The van der Waals surface area contributed by atoms with Crippen LogP contribution in [-0.2, 0) is 0 Å². The Hall–Kier alpha value is -3.29. The Balaban J connectivity index is 1.38. The molecular formula is C20H18F2N6. The Labute approximate surface area is 161 Å². The van der Waals surface area contributed by atoms with E-state index in [1.54, 1.807) is 18.3 Å². The molecule has 0 spiro atoms. The maximum atomic E-state index is 13.6. The lowest BCUT2D eigenvalue weighted by atomic mass is 10.1. The molecule has 0 aromatic carbocycles. The van der Waals surface area contributed by atoms with Crippen molar-refractivity contribution < 1.29 is 8.78 Å². The van der Waals surface area contributed by atoms with Crippen LogP contribution in [0.5, 0.6) is 0 Å². The number of hydrogen-bond donors (Lipinski definition) is 0. The van der Waals surface area contributed by atoms with Gasteiger partial charge in [-0.1, -0.05) is 0 Å². The minimum Gasteiger partial charge on any atom is -0.349 e. The van der Waals surface area contributed by atoms with Crippen LogP contribution in [0.2, 0.25) is 0 Å². The van der Waals surface area contributed by atoms with Crippen molar-refractivity contribution in [2.45, 2.75) is 18.9 Å². The zero-order valence-corrected chi connectivity index (χ0v) is 15.0. The molecule has 1 atom stereocenters. The second-order valence-electron chi connectivity index (χ2n) is 6.90. The van der Waals surface area contributed by atoms with Gasteiger partial charge < -0.3 is 4.90 Å². The summed E-state index contributed by atoms with van der Waals surface area (Å²) < 4.78 is 26.8. The summed E-state index contributed by atoms with van der Waals surface area (Å²) in [6.07, 6.45) is 12.0. The number of amidine groups is 1. The number of rotatable bonds is 2. The van der Waals surface area contributed by atoms with Gasteiger partial charge in [0.05, 0.1) is 25.0 Å². The first-order chi connectivity index (χ1) is 13.7. The predicted octanol–water partition coefficient (Wildman–Crippen LogP) is 3.40. The van der Waals surface area contributed by atoms with Crippen LogP contribution < -0.4 is 5.01 Å². The Morgan fingerprint density at radius 2 is 2.00 bits per heavy atom. The molecule has 28 heavy (non-hydrogen) atoms. The van der Waals surface area contributed by atoms with Crippen molar-refractivity contribution in [2.75, 3.05) is 18.1 Å². The summed E-state index contributed by atoms with van der Waals surface area (Å²) in [5.74, 6) is 1.62. The van der Waals surface area contributed by atoms with Crippen molar-refractivity contribution in [1.82, 2.24) is 19.9 Å². The fourth-order valence-corrected chi connectivity index (χ4v) is 3.90. The van der Waals surface area contributed by atoms with Crippen molar-refractivity contribution in [1.29, 1.82) is 0 Å². The van der Waals surface area contributed by atoms with Crippen molar-refractivity contribution in [2.24, 2.45) is 4.99 Å².